The number of hydrogen-bond donors (Lipinski definition) is 0. The Labute approximate surface area is 176 Å². The van der Waals surface area contributed by atoms with Gasteiger partial charge in [0, 0.05) is 56.8 Å². The van der Waals surface area contributed by atoms with Crippen LogP contribution in [-0.2, 0) is 17.6 Å². The van der Waals surface area contributed by atoms with E-state index >= 15 is 0 Å². The van der Waals surface area contributed by atoms with Crippen LogP contribution in [0.25, 0.3) is 0 Å². The van der Waals surface area contributed by atoms with Gasteiger partial charge in [0.2, 0.25) is 5.91 Å². The van der Waals surface area contributed by atoms with E-state index < -0.39 is 0 Å². The zero-order valence-corrected chi connectivity index (χ0v) is 18.3. The van der Waals surface area contributed by atoms with E-state index in [0.717, 1.165) is 50.3 Å². The topological polar surface area (TPSA) is 43.9 Å². The second-order valence-corrected chi connectivity index (χ2v) is 9.48. The quantitative estimate of drug-likeness (QED) is 0.779. The van der Waals surface area contributed by atoms with Crippen molar-refractivity contribution >= 4 is 28.8 Å². The molecule has 5 nitrogen and oxygen atoms in total. The van der Waals surface area contributed by atoms with E-state index in [1.165, 1.54) is 21.7 Å². The molecule has 1 atom stereocenters. The van der Waals surface area contributed by atoms with Crippen LogP contribution in [0, 0.1) is 12.8 Å². The summed E-state index contributed by atoms with van der Waals surface area (Å²) in [6.07, 6.45) is 2.56. The van der Waals surface area contributed by atoms with E-state index in [-0.39, 0.29) is 17.7 Å². The van der Waals surface area contributed by atoms with Crippen LogP contribution in [0.2, 0.25) is 0 Å². The summed E-state index contributed by atoms with van der Waals surface area (Å²) in [5.41, 5.74) is 3.70. The van der Waals surface area contributed by atoms with E-state index in [2.05, 4.69) is 36.1 Å². The summed E-state index contributed by atoms with van der Waals surface area (Å²) < 4.78 is 0. The van der Waals surface area contributed by atoms with Crippen LogP contribution in [0.1, 0.15) is 32.1 Å². The highest BCUT2D eigenvalue weighted by Crippen LogP contribution is 2.34. The van der Waals surface area contributed by atoms with Crippen LogP contribution in [0.5, 0.6) is 0 Å². The molecule has 2 aromatic rings. The Hall–Kier alpha value is -2.34. The van der Waals surface area contributed by atoms with Crippen molar-refractivity contribution in [1.82, 2.24) is 9.80 Å². The molecule has 2 amide bonds. The minimum atomic E-state index is 0.0466. The average Bonchev–Trinajstić information content (AvgIpc) is 3.16. The standard InChI is InChI=1S/C23H29N3O2S/c1-16-4-7-19(8-5-16)25-10-12-26(13-11-25)22(27)17-6-9-20-18(14-17)15-21(29-20)23(28)24(2)3/h4-5,7-8,15,17H,6,9-14H2,1-3H3/t17-/m0/s1. The predicted octanol–water partition coefficient (Wildman–Crippen LogP) is 3.21. The van der Waals surface area contributed by atoms with Crippen LogP contribution in [-0.4, -0.2) is 61.9 Å². The van der Waals surface area contributed by atoms with E-state index in [1.54, 1.807) is 30.3 Å². The van der Waals surface area contributed by atoms with Crippen LogP contribution < -0.4 is 4.90 Å². The molecule has 0 saturated carbocycles. The molecule has 1 aromatic heterocycles. The highest BCUT2D eigenvalue weighted by Gasteiger charge is 2.32. The highest BCUT2D eigenvalue weighted by molar-refractivity contribution is 7.14. The van der Waals surface area contributed by atoms with Crippen molar-refractivity contribution in [2.45, 2.75) is 26.2 Å². The van der Waals surface area contributed by atoms with Crippen molar-refractivity contribution in [3.05, 3.63) is 51.2 Å². The third-order valence-corrected chi connectivity index (χ3v) is 7.26. The van der Waals surface area contributed by atoms with E-state index in [4.69, 9.17) is 0 Å². The monoisotopic (exact) mass is 411 g/mol. The lowest BCUT2D eigenvalue weighted by atomic mass is 9.87. The van der Waals surface area contributed by atoms with Gasteiger partial charge in [0.05, 0.1) is 4.88 Å². The maximum absolute atomic E-state index is 13.1. The number of benzene rings is 1. The Kier molecular flexibility index (Phi) is 5.63. The molecule has 6 heteroatoms. The number of nitrogens with zero attached hydrogens (tertiary/aromatic N) is 3. The Balaban J connectivity index is 1.36. The molecular formula is C23H29N3O2S. The molecule has 1 fully saturated rings. The molecule has 0 N–H and O–H groups in total. The number of hydrogen-bond acceptors (Lipinski definition) is 4. The van der Waals surface area contributed by atoms with Crippen LogP contribution in [0.4, 0.5) is 5.69 Å². The maximum Gasteiger partial charge on any atom is 0.263 e. The molecule has 0 bridgehead atoms. The number of rotatable bonds is 3. The molecule has 0 unspecified atom stereocenters. The van der Waals surface area contributed by atoms with Gasteiger partial charge in [0.1, 0.15) is 0 Å². The summed E-state index contributed by atoms with van der Waals surface area (Å²) in [7, 11) is 3.56. The number of amides is 2. The third-order valence-electron chi connectivity index (χ3n) is 6.04. The average molecular weight is 412 g/mol. The smallest absolute Gasteiger partial charge is 0.263 e. The second kappa shape index (κ2) is 8.19. The molecule has 1 aliphatic heterocycles. The van der Waals surface area contributed by atoms with Gasteiger partial charge < -0.3 is 14.7 Å². The first-order valence-electron chi connectivity index (χ1n) is 10.4. The van der Waals surface area contributed by atoms with Crippen LogP contribution in [0.15, 0.2) is 30.3 Å². The van der Waals surface area contributed by atoms with Crippen molar-refractivity contribution in [2.24, 2.45) is 5.92 Å². The molecule has 2 heterocycles. The molecule has 2 aliphatic rings. The van der Waals surface area contributed by atoms with Gasteiger partial charge in [-0.15, -0.1) is 11.3 Å². The minimum absolute atomic E-state index is 0.0466. The fourth-order valence-electron chi connectivity index (χ4n) is 4.26. The lowest BCUT2D eigenvalue weighted by Crippen LogP contribution is -2.51. The van der Waals surface area contributed by atoms with E-state index in [0.29, 0.717) is 0 Å². The first kappa shape index (κ1) is 20.0. The van der Waals surface area contributed by atoms with Crippen molar-refractivity contribution in [3.63, 3.8) is 0 Å². The number of piperazine rings is 1. The van der Waals surface area contributed by atoms with Gasteiger partial charge in [-0.05, 0) is 49.9 Å². The number of fused-ring (bicyclic) bond motifs is 1. The van der Waals surface area contributed by atoms with Crippen LogP contribution in [0.3, 0.4) is 0 Å². The van der Waals surface area contributed by atoms with Gasteiger partial charge in [0.25, 0.3) is 5.91 Å². The van der Waals surface area contributed by atoms with Crippen molar-refractivity contribution < 1.29 is 9.59 Å². The summed E-state index contributed by atoms with van der Waals surface area (Å²) in [5, 5.41) is 0. The van der Waals surface area contributed by atoms with E-state index in [1.807, 2.05) is 11.0 Å². The Morgan fingerprint density at radius 3 is 2.41 bits per heavy atom. The summed E-state index contributed by atoms with van der Waals surface area (Å²) >= 11 is 1.60. The van der Waals surface area contributed by atoms with Crippen LogP contribution >= 0.6 is 11.3 Å². The Morgan fingerprint density at radius 1 is 1.07 bits per heavy atom. The number of carbonyl (C=O) groups excluding carboxylic acids is 2. The predicted molar refractivity (Wildman–Crippen MR) is 118 cm³/mol. The fourth-order valence-corrected chi connectivity index (χ4v) is 5.49. The Morgan fingerprint density at radius 2 is 1.76 bits per heavy atom. The summed E-state index contributed by atoms with van der Waals surface area (Å²) in [6.45, 7) is 5.43. The fraction of sp³-hybridized carbons (Fsp3) is 0.478. The summed E-state index contributed by atoms with van der Waals surface area (Å²) in [6, 6.07) is 10.6. The molecule has 1 saturated heterocycles. The molecule has 154 valence electrons. The lowest BCUT2D eigenvalue weighted by Gasteiger charge is -2.38. The van der Waals surface area contributed by atoms with Gasteiger partial charge in [0.15, 0.2) is 0 Å². The van der Waals surface area contributed by atoms with Gasteiger partial charge in [-0.25, -0.2) is 0 Å². The zero-order chi connectivity index (χ0) is 20.5. The van der Waals surface area contributed by atoms with Gasteiger partial charge in [-0.1, -0.05) is 17.7 Å². The lowest BCUT2D eigenvalue weighted by molar-refractivity contribution is -0.136. The van der Waals surface area contributed by atoms with E-state index in [9.17, 15) is 9.59 Å². The molecule has 4 rings (SSSR count). The molecule has 0 spiro atoms. The third kappa shape index (κ3) is 4.17. The van der Waals surface area contributed by atoms with Gasteiger partial charge in [-0.3, -0.25) is 9.59 Å². The molecular weight excluding hydrogens is 382 g/mol. The first-order valence-corrected chi connectivity index (χ1v) is 11.2. The molecule has 29 heavy (non-hydrogen) atoms. The van der Waals surface area contributed by atoms with Gasteiger partial charge >= 0.3 is 0 Å². The molecule has 1 aliphatic carbocycles. The molecule has 1 aromatic carbocycles. The van der Waals surface area contributed by atoms with Crippen molar-refractivity contribution in [1.29, 1.82) is 0 Å². The second-order valence-electron chi connectivity index (χ2n) is 8.35. The number of thiophene rings is 1. The number of anilines is 1. The van der Waals surface area contributed by atoms with Crippen molar-refractivity contribution in [3.8, 4) is 0 Å². The normalized spacial score (nSPS) is 19.1. The zero-order valence-electron chi connectivity index (χ0n) is 17.5. The largest absolute Gasteiger partial charge is 0.368 e. The Bertz CT molecular complexity index is 895. The molecule has 0 radical (unpaired) electrons. The highest BCUT2D eigenvalue weighted by atomic mass is 32.1. The SMILES string of the molecule is Cc1ccc(N2CCN(C(=O)[C@H]3CCc4sc(C(=O)N(C)C)cc4C3)CC2)cc1. The maximum atomic E-state index is 13.1. The van der Waals surface area contributed by atoms with Crippen molar-refractivity contribution in [2.75, 3.05) is 45.2 Å². The summed E-state index contributed by atoms with van der Waals surface area (Å²) in [4.78, 5) is 33.5. The first-order chi connectivity index (χ1) is 13.9. The number of carbonyl (C=O) groups is 2. The summed E-state index contributed by atoms with van der Waals surface area (Å²) in [5.74, 6) is 0.385. The minimum Gasteiger partial charge on any atom is -0.368 e. The number of aryl methyl sites for hydroxylation is 2. The van der Waals surface area contributed by atoms with Gasteiger partial charge in [-0.2, -0.15) is 0 Å².